The maximum Gasteiger partial charge on any atom is 0.360 e. The van der Waals surface area contributed by atoms with Gasteiger partial charge in [0.05, 0.1) is 13.2 Å². The highest BCUT2D eigenvalue weighted by Crippen LogP contribution is 2.18. The highest BCUT2D eigenvalue weighted by Gasteiger charge is 2.21. The lowest BCUT2D eigenvalue weighted by molar-refractivity contribution is 0.0521. The molecule has 2 N–H and O–H groups in total. The molecule has 2 aromatic heterocycles. The fraction of sp³-hybridized carbons (Fsp3) is 0.462. The summed E-state index contributed by atoms with van der Waals surface area (Å²) in [6.45, 7) is 6.21. The molecule has 0 spiro atoms. The number of nitrogen functional groups attached to an aromatic ring is 1. The maximum atomic E-state index is 11.8. The third-order valence-corrected chi connectivity index (χ3v) is 2.87. The summed E-state index contributed by atoms with van der Waals surface area (Å²) in [4.78, 5) is 16.0. The highest BCUT2D eigenvalue weighted by molar-refractivity contribution is 5.92. The topological polar surface area (TPSA) is 96.2 Å². The molecule has 0 aliphatic carbocycles. The Balaban J connectivity index is 2.34. The Labute approximate surface area is 116 Å². The van der Waals surface area contributed by atoms with Crippen LogP contribution in [0, 0.1) is 6.92 Å². The van der Waals surface area contributed by atoms with E-state index in [4.69, 9.17) is 15.0 Å². The second-order valence-corrected chi connectivity index (χ2v) is 4.35. The molecule has 2 aromatic rings. The number of carbonyl (C=O) groups is 1. The van der Waals surface area contributed by atoms with Crippen molar-refractivity contribution in [2.24, 2.45) is 0 Å². The van der Waals surface area contributed by atoms with Crippen LogP contribution in [0.3, 0.4) is 0 Å². The van der Waals surface area contributed by atoms with Crippen LogP contribution in [0.25, 0.3) is 0 Å². The summed E-state index contributed by atoms with van der Waals surface area (Å²) in [6, 6.07) is 1.82. The Morgan fingerprint density at radius 3 is 2.80 bits per heavy atom. The molecule has 2 heterocycles. The molecule has 0 saturated carbocycles. The molecule has 108 valence electrons. The van der Waals surface area contributed by atoms with Crippen molar-refractivity contribution in [3.05, 3.63) is 29.0 Å². The van der Waals surface area contributed by atoms with E-state index in [0.29, 0.717) is 24.6 Å². The number of ether oxygens (including phenoxy) is 1. The Kier molecular flexibility index (Phi) is 4.07. The van der Waals surface area contributed by atoms with Crippen molar-refractivity contribution in [2.75, 3.05) is 12.3 Å². The number of esters is 1. The summed E-state index contributed by atoms with van der Waals surface area (Å²) >= 11 is 0. The molecular formula is C13H18N4O3. The molecule has 0 aliphatic rings. The van der Waals surface area contributed by atoms with Crippen LogP contribution in [0.2, 0.25) is 0 Å². The number of aryl methyl sites for hydroxylation is 2. The third-order valence-electron chi connectivity index (χ3n) is 2.87. The van der Waals surface area contributed by atoms with E-state index in [-0.39, 0.29) is 12.3 Å². The minimum atomic E-state index is -0.505. The number of carbonyl (C=O) groups excluding carboxylic acids is 1. The first-order chi connectivity index (χ1) is 9.56. The Morgan fingerprint density at radius 2 is 2.25 bits per heavy atom. The van der Waals surface area contributed by atoms with Crippen molar-refractivity contribution in [1.29, 1.82) is 0 Å². The largest absolute Gasteiger partial charge is 0.461 e. The average molecular weight is 278 g/mol. The van der Waals surface area contributed by atoms with Gasteiger partial charge in [0, 0.05) is 12.5 Å². The zero-order valence-corrected chi connectivity index (χ0v) is 11.8. The summed E-state index contributed by atoms with van der Waals surface area (Å²) in [6.07, 6.45) is 0.653. The van der Waals surface area contributed by atoms with Gasteiger partial charge in [0.2, 0.25) is 0 Å². The zero-order chi connectivity index (χ0) is 14.7. The van der Waals surface area contributed by atoms with E-state index in [1.807, 2.05) is 19.9 Å². The van der Waals surface area contributed by atoms with E-state index in [2.05, 4.69) is 10.1 Å². The molecule has 0 saturated heterocycles. The first kappa shape index (κ1) is 14.1. The van der Waals surface area contributed by atoms with E-state index in [0.717, 1.165) is 11.5 Å². The number of rotatable bonds is 5. The SMILES string of the molecule is CCOC(=O)c1nc(CC)n(Cc2cc(C)on2)c1N. The first-order valence-electron chi connectivity index (χ1n) is 6.51. The van der Waals surface area contributed by atoms with Crippen LogP contribution in [-0.2, 0) is 17.7 Å². The van der Waals surface area contributed by atoms with Gasteiger partial charge in [-0.2, -0.15) is 0 Å². The van der Waals surface area contributed by atoms with Gasteiger partial charge in [-0.1, -0.05) is 12.1 Å². The van der Waals surface area contributed by atoms with Gasteiger partial charge in [-0.05, 0) is 13.8 Å². The predicted molar refractivity (Wildman–Crippen MR) is 72.3 cm³/mol. The monoisotopic (exact) mass is 278 g/mol. The molecule has 0 fully saturated rings. The van der Waals surface area contributed by atoms with Crippen molar-refractivity contribution in [2.45, 2.75) is 33.7 Å². The van der Waals surface area contributed by atoms with E-state index in [1.165, 1.54) is 0 Å². The summed E-state index contributed by atoms with van der Waals surface area (Å²) in [5.41, 5.74) is 6.90. The van der Waals surface area contributed by atoms with Gasteiger partial charge in [0.25, 0.3) is 0 Å². The molecule has 7 heteroatoms. The fourth-order valence-electron chi connectivity index (χ4n) is 1.96. The lowest BCUT2D eigenvalue weighted by atomic mass is 10.3. The quantitative estimate of drug-likeness (QED) is 0.833. The van der Waals surface area contributed by atoms with Crippen LogP contribution in [0.15, 0.2) is 10.6 Å². The summed E-state index contributed by atoms with van der Waals surface area (Å²) in [7, 11) is 0. The van der Waals surface area contributed by atoms with E-state index in [9.17, 15) is 4.79 Å². The minimum absolute atomic E-state index is 0.156. The molecule has 0 amide bonds. The number of anilines is 1. The van der Waals surface area contributed by atoms with Crippen LogP contribution >= 0.6 is 0 Å². The van der Waals surface area contributed by atoms with Crippen LogP contribution in [-0.4, -0.2) is 27.3 Å². The second kappa shape index (κ2) is 5.77. The molecule has 7 nitrogen and oxygen atoms in total. The molecular weight excluding hydrogens is 260 g/mol. The fourth-order valence-corrected chi connectivity index (χ4v) is 1.96. The minimum Gasteiger partial charge on any atom is -0.461 e. The number of nitrogens with two attached hydrogens (primary N) is 1. The van der Waals surface area contributed by atoms with E-state index in [1.54, 1.807) is 11.5 Å². The van der Waals surface area contributed by atoms with Crippen molar-refractivity contribution >= 4 is 11.8 Å². The number of imidazole rings is 1. The molecule has 0 aromatic carbocycles. The van der Waals surface area contributed by atoms with Gasteiger partial charge in [-0.15, -0.1) is 0 Å². The molecule has 0 atom stereocenters. The number of aromatic nitrogens is 3. The summed E-state index contributed by atoms with van der Waals surface area (Å²) in [5.74, 6) is 1.23. The standard InChI is InChI=1S/C13H18N4O3/c1-4-10-15-11(13(18)19-5-2)12(14)17(10)7-9-6-8(3)20-16-9/h6H,4-5,7,14H2,1-3H3. The van der Waals surface area contributed by atoms with Gasteiger partial charge < -0.3 is 19.6 Å². The zero-order valence-electron chi connectivity index (χ0n) is 11.8. The van der Waals surface area contributed by atoms with Crippen molar-refractivity contribution in [3.8, 4) is 0 Å². The lowest BCUT2D eigenvalue weighted by Gasteiger charge is -2.06. The third kappa shape index (κ3) is 2.66. The lowest BCUT2D eigenvalue weighted by Crippen LogP contribution is -2.11. The van der Waals surface area contributed by atoms with Crippen LogP contribution in [0.4, 0.5) is 5.82 Å². The van der Waals surface area contributed by atoms with Gasteiger partial charge in [0.1, 0.15) is 23.1 Å². The average Bonchev–Trinajstić information content (AvgIpc) is 2.96. The summed E-state index contributed by atoms with van der Waals surface area (Å²) < 4.78 is 11.7. The maximum absolute atomic E-state index is 11.8. The molecule has 2 rings (SSSR count). The van der Waals surface area contributed by atoms with Gasteiger partial charge in [-0.25, -0.2) is 9.78 Å². The number of hydrogen-bond acceptors (Lipinski definition) is 6. The highest BCUT2D eigenvalue weighted by atomic mass is 16.5. The van der Waals surface area contributed by atoms with Crippen LogP contribution < -0.4 is 5.73 Å². The van der Waals surface area contributed by atoms with Gasteiger partial charge in [0.15, 0.2) is 5.69 Å². The Hall–Kier alpha value is -2.31. The number of nitrogens with zero attached hydrogens (tertiary/aromatic N) is 3. The van der Waals surface area contributed by atoms with Gasteiger partial charge in [-0.3, -0.25) is 0 Å². The molecule has 0 bridgehead atoms. The van der Waals surface area contributed by atoms with Gasteiger partial charge >= 0.3 is 5.97 Å². The molecule has 0 aliphatic heterocycles. The first-order valence-corrected chi connectivity index (χ1v) is 6.51. The Bertz CT molecular complexity index is 615. The van der Waals surface area contributed by atoms with Crippen molar-refractivity contribution < 1.29 is 14.1 Å². The predicted octanol–water partition coefficient (Wildman–Crippen LogP) is 1.55. The van der Waals surface area contributed by atoms with Crippen LogP contribution in [0.5, 0.6) is 0 Å². The molecule has 0 unspecified atom stereocenters. The summed E-state index contributed by atoms with van der Waals surface area (Å²) in [5, 5.41) is 3.92. The smallest absolute Gasteiger partial charge is 0.360 e. The number of hydrogen-bond donors (Lipinski definition) is 1. The Morgan fingerprint density at radius 1 is 1.50 bits per heavy atom. The molecule has 0 radical (unpaired) electrons. The van der Waals surface area contributed by atoms with E-state index < -0.39 is 5.97 Å². The second-order valence-electron chi connectivity index (χ2n) is 4.35. The molecule has 20 heavy (non-hydrogen) atoms. The van der Waals surface area contributed by atoms with Crippen molar-refractivity contribution in [1.82, 2.24) is 14.7 Å². The van der Waals surface area contributed by atoms with Crippen LogP contribution in [0.1, 0.15) is 41.6 Å². The normalized spacial score (nSPS) is 10.8. The van der Waals surface area contributed by atoms with E-state index >= 15 is 0 Å². The van der Waals surface area contributed by atoms with Crippen molar-refractivity contribution in [3.63, 3.8) is 0 Å².